The van der Waals surface area contributed by atoms with E-state index in [4.69, 9.17) is 4.74 Å². The van der Waals surface area contributed by atoms with Gasteiger partial charge in [0.25, 0.3) is 0 Å². The Hall–Kier alpha value is -1.93. The molecule has 0 aromatic heterocycles. The zero-order valence-corrected chi connectivity index (χ0v) is 15.9. The SMILES string of the molecule is CCOc1cccc(C(O)C(C)C(F)(F)C(F)(F)C(F)(F)C(F)(F)C(F)(F)C(F)(F)F)c1. The standard InChI is InChI=1S/C17H15F13O2/c1-3-32-10-6-4-5-9(7-10)11(31)8(2)12(18,19)13(20,21)14(22,23)15(24,25)16(26,27)17(28,29)30/h4-8,11,31H,3H2,1-2H3. The van der Waals surface area contributed by atoms with Crippen LogP contribution in [0.4, 0.5) is 57.1 Å². The number of hydrogen-bond acceptors (Lipinski definition) is 2. The van der Waals surface area contributed by atoms with Crippen LogP contribution in [0.2, 0.25) is 0 Å². The van der Waals surface area contributed by atoms with Crippen molar-refractivity contribution in [2.24, 2.45) is 5.92 Å². The molecule has 2 atom stereocenters. The predicted molar refractivity (Wildman–Crippen MR) is 82.5 cm³/mol. The maximum atomic E-state index is 14.2. The third kappa shape index (κ3) is 4.19. The van der Waals surface area contributed by atoms with Crippen LogP contribution >= 0.6 is 0 Å². The molecule has 0 saturated carbocycles. The van der Waals surface area contributed by atoms with Gasteiger partial charge in [-0.2, -0.15) is 57.1 Å². The van der Waals surface area contributed by atoms with Crippen molar-refractivity contribution in [2.45, 2.75) is 55.7 Å². The first kappa shape index (κ1) is 28.1. The first-order chi connectivity index (χ1) is 14.1. The average Bonchev–Trinajstić information content (AvgIpc) is 2.65. The molecule has 1 aromatic carbocycles. The van der Waals surface area contributed by atoms with Crippen molar-refractivity contribution in [3.8, 4) is 5.75 Å². The first-order valence-corrected chi connectivity index (χ1v) is 8.47. The summed E-state index contributed by atoms with van der Waals surface area (Å²) < 4.78 is 177. The molecule has 1 rings (SSSR count). The minimum atomic E-state index is -7.98. The van der Waals surface area contributed by atoms with Gasteiger partial charge in [0.2, 0.25) is 0 Å². The van der Waals surface area contributed by atoms with Crippen molar-refractivity contribution in [3.05, 3.63) is 29.8 Å². The molecular weight excluding hydrogens is 483 g/mol. The summed E-state index contributed by atoms with van der Waals surface area (Å²) in [6, 6.07) is 3.91. The summed E-state index contributed by atoms with van der Waals surface area (Å²) in [5.41, 5.74) is -0.644. The normalized spacial score (nSPS) is 16.6. The third-order valence-corrected chi connectivity index (χ3v) is 4.51. The van der Waals surface area contributed by atoms with E-state index in [1.165, 1.54) is 13.0 Å². The highest BCUT2D eigenvalue weighted by molar-refractivity contribution is 5.30. The van der Waals surface area contributed by atoms with Crippen LogP contribution in [0.1, 0.15) is 25.5 Å². The minimum Gasteiger partial charge on any atom is -0.494 e. The maximum Gasteiger partial charge on any atom is 0.460 e. The number of benzene rings is 1. The highest BCUT2D eigenvalue weighted by Gasteiger charge is 2.91. The van der Waals surface area contributed by atoms with Crippen molar-refractivity contribution >= 4 is 0 Å². The van der Waals surface area contributed by atoms with E-state index in [1.807, 2.05) is 0 Å². The van der Waals surface area contributed by atoms with Gasteiger partial charge in [-0.1, -0.05) is 19.1 Å². The van der Waals surface area contributed by atoms with E-state index in [1.54, 1.807) is 0 Å². The molecule has 0 spiro atoms. The second-order valence-electron chi connectivity index (χ2n) is 6.66. The fourth-order valence-corrected chi connectivity index (χ4v) is 2.51. The van der Waals surface area contributed by atoms with Crippen molar-refractivity contribution in [2.75, 3.05) is 6.61 Å². The van der Waals surface area contributed by atoms with Gasteiger partial charge in [0.15, 0.2) is 0 Å². The molecule has 0 amide bonds. The lowest BCUT2D eigenvalue weighted by molar-refractivity contribution is -0.444. The van der Waals surface area contributed by atoms with Gasteiger partial charge in [-0.3, -0.25) is 0 Å². The van der Waals surface area contributed by atoms with Gasteiger partial charge in [-0.25, -0.2) is 0 Å². The van der Waals surface area contributed by atoms with Crippen LogP contribution in [0.25, 0.3) is 0 Å². The molecular formula is C17H15F13O2. The Kier molecular flexibility index (Phi) is 7.42. The fraction of sp³-hybridized carbons (Fsp3) is 0.647. The maximum absolute atomic E-state index is 14.2. The first-order valence-electron chi connectivity index (χ1n) is 8.47. The monoisotopic (exact) mass is 498 g/mol. The fourth-order valence-electron chi connectivity index (χ4n) is 2.51. The molecule has 1 aromatic rings. The molecule has 0 radical (unpaired) electrons. The highest BCUT2D eigenvalue weighted by Crippen LogP contribution is 2.61. The summed E-state index contributed by atoms with van der Waals surface area (Å²) in [4.78, 5) is 0. The average molecular weight is 498 g/mol. The Balaban J connectivity index is 3.45. The van der Waals surface area contributed by atoms with E-state index in [2.05, 4.69) is 0 Å². The van der Waals surface area contributed by atoms with Crippen LogP contribution in [0.5, 0.6) is 5.75 Å². The van der Waals surface area contributed by atoms with Gasteiger partial charge >= 0.3 is 35.8 Å². The number of aliphatic hydroxyl groups excluding tert-OH is 1. The Morgan fingerprint density at radius 1 is 0.781 bits per heavy atom. The quantitative estimate of drug-likeness (QED) is 0.395. The topological polar surface area (TPSA) is 29.5 Å². The van der Waals surface area contributed by atoms with E-state index in [-0.39, 0.29) is 19.3 Å². The van der Waals surface area contributed by atoms with Gasteiger partial charge in [0, 0.05) is 0 Å². The van der Waals surface area contributed by atoms with Crippen molar-refractivity contribution in [1.82, 2.24) is 0 Å². The van der Waals surface area contributed by atoms with Crippen LogP contribution < -0.4 is 4.74 Å². The lowest BCUT2D eigenvalue weighted by atomic mass is 9.83. The Labute approximate surface area is 172 Å². The Bertz CT molecular complexity index is 789. The molecule has 1 N–H and O–H groups in total. The van der Waals surface area contributed by atoms with Gasteiger partial charge in [0.1, 0.15) is 5.75 Å². The summed E-state index contributed by atoms with van der Waals surface area (Å²) >= 11 is 0. The van der Waals surface area contributed by atoms with Gasteiger partial charge in [-0.15, -0.1) is 0 Å². The molecule has 2 unspecified atom stereocenters. The van der Waals surface area contributed by atoms with Gasteiger partial charge < -0.3 is 9.84 Å². The molecule has 15 heteroatoms. The number of alkyl halides is 13. The van der Waals surface area contributed by atoms with Gasteiger partial charge in [-0.05, 0) is 24.6 Å². The smallest absolute Gasteiger partial charge is 0.460 e. The second-order valence-corrected chi connectivity index (χ2v) is 6.66. The third-order valence-electron chi connectivity index (χ3n) is 4.51. The largest absolute Gasteiger partial charge is 0.494 e. The molecule has 0 aliphatic rings. The number of hydrogen-bond donors (Lipinski definition) is 1. The summed E-state index contributed by atoms with van der Waals surface area (Å²) in [6.45, 7) is 1.47. The van der Waals surface area contributed by atoms with E-state index < -0.39 is 53.4 Å². The molecule has 2 nitrogen and oxygen atoms in total. The Morgan fingerprint density at radius 2 is 1.25 bits per heavy atom. The molecule has 0 aliphatic carbocycles. The van der Waals surface area contributed by atoms with Crippen LogP contribution in [0.15, 0.2) is 24.3 Å². The zero-order valence-electron chi connectivity index (χ0n) is 15.9. The molecule has 186 valence electrons. The van der Waals surface area contributed by atoms with Crippen LogP contribution in [0, 0.1) is 5.92 Å². The highest BCUT2D eigenvalue weighted by atomic mass is 19.4. The molecule has 0 saturated heterocycles. The molecule has 0 heterocycles. The second kappa shape index (κ2) is 8.45. The Morgan fingerprint density at radius 3 is 1.69 bits per heavy atom. The molecule has 0 aliphatic heterocycles. The number of aliphatic hydroxyl groups is 1. The number of rotatable bonds is 9. The van der Waals surface area contributed by atoms with Crippen LogP contribution in [-0.4, -0.2) is 47.5 Å². The van der Waals surface area contributed by atoms with E-state index in [0.717, 1.165) is 18.2 Å². The minimum absolute atomic E-state index is 0.0119. The number of halogens is 13. The van der Waals surface area contributed by atoms with E-state index in [9.17, 15) is 62.2 Å². The van der Waals surface area contributed by atoms with Crippen LogP contribution in [0.3, 0.4) is 0 Å². The van der Waals surface area contributed by atoms with Crippen molar-refractivity contribution in [3.63, 3.8) is 0 Å². The van der Waals surface area contributed by atoms with Crippen LogP contribution in [-0.2, 0) is 0 Å². The molecule has 32 heavy (non-hydrogen) atoms. The lowest BCUT2D eigenvalue weighted by Crippen LogP contribution is -2.71. The zero-order chi connectivity index (χ0) is 25.6. The molecule has 0 bridgehead atoms. The van der Waals surface area contributed by atoms with Crippen molar-refractivity contribution < 1.29 is 66.9 Å². The van der Waals surface area contributed by atoms with Crippen molar-refractivity contribution in [1.29, 1.82) is 0 Å². The lowest BCUT2D eigenvalue weighted by Gasteiger charge is -2.42. The number of ether oxygens (including phenoxy) is 1. The van der Waals surface area contributed by atoms with E-state index >= 15 is 0 Å². The van der Waals surface area contributed by atoms with E-state index in [0.29, 0.717) is 0 Å². The summed E-state index contributed by atoms with van der Waals surface area (Å²) in [7, 11) is 0. The predicted octanol–water partition coefficient (Wildman–Crippen LogP) is 6.49. The summed E-state index contributed by atoms with van der Waals surface area (Å²) in [5.74, 6) is -41.0. The summed E-state index contributed by atoms with van der Waals surface area (Å²) in [5, 5.41) is 9.91. The van der Waals surface area contributed by atoms with Gasteiger partial charge in [0.05, 0.1) is 18.6 Å². The molecule has 0 fully saturated rings. The summed E-state index contributed by atoms with van der Waals surface area (Å²) in [6.07, 6.45) is -10.3.